The Balaban J connectivity index is 1.88. The summed E-state index contributed by atoms with van der Waals surface area (Å²) in [7, 11) is 0. The highest BCUT2D eigenvalue weighted by Crippen LogP contribution is 2.14. The van der Waals surface area contributed by atoms with Crippen molar-refractivity contribution in [3.8, 4) is 0 Å². The number of likely N-dealkylation sites (N-methyl/N-ethyl adjacent to an activating group) is 1. The number of hydrogen-bond acceptors (Lipinski definition) is 5. The molecule has 0 saturated carbocycles. The van der Waals surface area contributed by atoms with E-state index in [9.17, 15) is 9.59 Å². The van der Waals surface area contributed by atoms with E-state index >= 15 is 0 Å². The van der Waals surface area contributed by atoms with Gasteiger partial charge in [-0.15, -0.1) is 0 Å². The van der Waals surface area contributed by atoms with Gasteiger partial charge in [0.25, 0.3) is 5.91 Å². The van der Waals surface area contributed by atoms with E-state index in [1.54, 1.807) is 0 Å². The maximum atomic E-state index is 12.0. The van der Waals surface area contributed by atoms with Gasteiger partial charge in [-0.25, -0.2) is 5.48 Å². The number of nitrogens with one attached hydrogen (secondary N) is 3. The molecule has 0 aromatic heterocycles. The Morgan fingerprint density at radius 1 is 1.47 bits per heavy atom. The largest absolute Gasteiger partial charge is 0.379 e. The van der Waals surface area contributed by atoms with Crippen molar-refractivity contribution in [2.24, 2.45) is 5.92 Å². The van der Waals surface area contributed by atoms with Gasteiger partial charge < -0.3 is 15.4 Å². The van der Waals surface area contributed by atoms with E-state index in [0.29, 0.717) is 13.2 Å². The van der Waals surface area contributed by atoms with Crippen LogP contribution in [0, 0.1) is 5.92 Å². The van der Waals surface area contributed by atoms with Crippen molar-refractivity contribution in [2.45, 2.75) is 19.0 Å². The van der Waals surface area contributed by atoms with Gasteiger partial charge in [-0.3, -0.25) is 14.4 Å². The minimum atomic E-state index is -0.592. The third-order valence-electron chi connectivity index (χ3n) is 2.94. The van der Waals surface area contributed by atoms with Crippen LogP contribution in [-0.2, 0) is 19.2 Å². The van der Waals surface area contributed by atoms with Crippen LogP contribution in [0.15, 0.2) is 0 Å². The first kappa shape index (κ1) is 12.3. The summed E-state index contributed by atoms with van der Waals surface area (Å²) in [5.74, 6) is -0.722. The highest BCUT2D eigenvalue weighted by Gasteiger charge is 2.36. The number of amides is 2. The van der Waals surface area contributed by atoms with Crippen LogP contribution in [0.4, 0.5) is 0 Å². The molecule has 0 aromatic carbocycles. The molecule has 0 aliphatic carbocycles. The van der Waals surface area contributed by atoms with E-state index in [2.05, 4.69) is 16.1 Å². The van der Waals surface area contributed by atoms with Crippen LogP contribution in [0.25, 0.3) is 0 Å². The first-order valence-corrected chi connectivity index (χ1v) is 5.75. The normalized spacial score (nSPS) is 32.5. The van der Waals surface area contributed by atoms with Gasteiger partial charge in [-0.05, 0) is 6.54 Å². The van der Waals surface area contributed by atoms with Crippen molar-refractivity contribution in [2.75, 3.05) is 26.4 Å². The van der Waals surface area contributed by atoms with E-state index in [4.69, 9.17) is 9.57 Å². The molecule has 7 heteroatoms. The summed E-state index contributed by atoms with van der Waals surface area (Å²) < 4.78 is 5.28. The average molecular weight is 243 g/mol. The zero-order chi connectivity index (χ0) is 12.3. The molecular formula is C10H17N3O4. The second-order valence-corrected chi connectivity index (χ2v) is 4.15. The third kappa shape index (κ3) is 2.74. The molecule has 0 bridgehead atoms. The Hall–Kier alpha value is -1.18. The van der Waals surface area contributed by atoms with Crippen molar-refractivity contribution in [3.63, 3.8) is 0 Å². The van der Waals surface area contributed by atoms with E-state index < -0.39 is 6.04 Å². The monoisotopic (exact) mass is 243 g/mol. The van der Waals surface area contributed by atoms with E-state index in [-0.39, 0.29) is 30.4 Å². The standard InChI is InChI=1S/C10H17N3O4/c1-2-11-7-4-16-3-6(7)9(14)12-8-5-17-13-10(8)15/h6-8,11H,2-5H2,1H3,(H,12,14)(H,13,15)/t6?,7?,8-/m1/s1. The Morgan fingerprint density at radius 2 is 2.29 bits per heavy atom. The lowest BCUT2D eigenvalue weighted by atomic mass is 10.0. The van der Waals surface area contributed by atoms with Gasteiger partial charge >= 0.3 is 0 Å². The van der Waals surface area contributed by atoms with Gasteiger partial charge in [-0.1, -0.05) is 6.92 Å². The van der Waals surface area contributed by atoms with Gasteiger partial charge in [0, 0.05) is 6.04 Å². The van der Waals surface area contributed by atoms with Crippen molar-refractivity contribution >= 4 is 11.8 Å². The van der Waals surface area contributed by atoms with Crippen LogP contribution in [-0.4, -0.2) is 50.3 Å². The molecule has 2 unspecified atom stereocenters. The minimum Gasteiger partial charge on any atom is -0.379 e. The maximum absolute atomic E-state index is 12.0. The van der Waals surface area contributed by atoms with Crippen LogP contribution >= 0.6 is 0 Å². The molecule has 3 atom stereocenters. The molecule has 3 N–H and O–H groups in total. The van der Waals surface area contributed by atoms with Crippen LogP contribution in [0.5, 0.6) is 0 Å². The molecule has 0 radical (unpaired) electrons. The minimum absolute atomic E-state index is 0.0189. The van der Waals surface area contributed by atoms with Crippen molar-refractivity contribution in [3.05, 3.63) is 0 Å². The number of hydroxylamine groups is 1. The number of ether oxygens (including phenoxy) is 1. The van der Waals surface area contributed by atoms with Gasteiger partial charge in [0.2, 0.25) is 5.91 Å². The fourth-order valence-electron chi connectivity index (χ4n) is 2.00. The topological polar surface area (TPSA) is 88.7 Å². The zero-order valence-corrected chi connectivity index (χ0v) is 9.69. The molecule has 0 aromatic rings. The fourth-order valence-corrected chi connectivity index (χ4v) is 2.00. The predicted octanol–water partition coefficient (Wildman–Crippen LogP) is -1.84. The lowest BCUT2D eigenvalue weighted by Gasteiger charge is -2.18. The van der Waals surface area contributed by atoms with Crippen LogP contribution in [0.1, 0.15) is 6.92 Å². The summed E-state index contributed by atoms with van der Waals surface area (Å²) in [6.07, 6.45) is 0. The number of hydrogen-bond donors (Lipinski definition) is 3. The Labute approximate surface area is 99.2 Å². The Bertz CT molecular complexity index is 310. The van der Waals surface area contributed by atoms with Crippen molar-refractivity contribution in [1.29, 1.82) is 0 Å². The lowest BCUT2D eigenvalue weighted by molar-refractivity contribution is -0.130. The maximum Gasteiger partial charge on any atom is 0.268 e. The lowest BCUT2D eigenvalue weighted by Crippen LogP contribution is -2.49. The number of carbonyl (C=O) groups excluding carboxylic acids is 2. The Kier molecular flexibility index (Phi) is 3.93. The van der Waals surface area contributed by atoms with Crippen molar-refractivity contribution < 1.29 is 19.2 Å². The van der Waals surface area contributed by atoms with Gasteiger partial charge in [-0.2, -0.15) is 0 Å². The molecule has 0 spiro atoms. The highest BCUT2D eigenvalue weighted by molar-refractivity contribution is 5.89. The zero-order valence-electron chi connectivity index (χ0n) is 9.69. The molecule has 7 nitrogen and oxygen atoms in total. The number of rotatable bonds is 4. The SMILES string of the molecule is CCNC1COCC1C(=O)N[C@@H]1CONC1=O. The van der Waals surface area contributed by atoms with E-state index in [1.807, 2.05) is 6.92 Å². The summed E-state index contributed by atoms with van der Waals surface area (Å²) in [6, 6.07) is -0.573. The van der Waals surface area contributed by atoms with Gasteiger partial charge in [0.05, 0.1) is 19.1 Å². The fraction of sp³-hybridized carbons (Fsp3) is 0.800. The summed E-state index contributed by atoms with van der Waals surface area (Å²) in [4.78, 5) is 27.9. The molecule has 2 aliphatic heterocycles. The molecule has 17 heavy (non-hydrogen) atoms. The van der Waals surface area contributed by atoms with Gasteiger partial charge in [0.15, 0.2) is 0 Å². The molecule has 2 saturated heterocycles. The number of carbonyl (C=O) groups is 2. The summed E-state index contributed by atoms with van der Waals surface area (Å²) in [5.41, 5.74) is 2.20. The molecular weight excluding hydrogens is 226 g/mol. The van der Waals surface area contributed by atoms with Crippen LogP contribution in [0.3, 0.4) is 0 Å². The quantitative estimate of drug-likeness (QED) is 0.540. The molecule has 2 fully saturated rings. The third-order valence-corrected chi connectivity index (χ3v) is 2.94. The second kappa shape index (κ2) is 5.44. The van der Waals surface area contributed by atoms with Crippen LogP contribution in [0.2, 0.25) is 0 Å². The molecule has 2 rings (SSSR count). The molecule has 2 aliphatic rings. The molecule has 2 heterocycles. The molecule has 96 valence electrons. The second-order valence-electron chi connectivity index (χ2n) is 4.15. The average Bonchev–Trinajstić information content (AvgIpc) is 2.89. The summed E-state index contributed by atoms with van der Waals surface area (Å²) in [5, 5.41) is 5.86. The smallest absolute Gasteiger partial charge is 0.268 e. The van der Waals surface area contributed by atoms with Crippen molar-refractivity contribution in [1.82, 2.24) is 16.1 Å². The van der Waals surface area contributed by atoms with Gasteiger partial charge in [0.1, 0.15) is 12.6 Å². The molecule has 2 amide bonds. The first-order valence-electron chi connectivity index (χ1n) is 5.75. The van der Waals surface area contributed by atoms with Crippen LogP contribution < -0.4 is 16.1 Å². The highest BCUT2D eigenvalue weighted by atomic mass is 16.7. The van der Waals surface area contributed by atoms with E-state index in [1.165, 1.54) is 0 Å². The predicted molar refractivity (Wildman–Crippen MR) is 57.8 cm³/mol. The Morgan fingerprint density at radius 3 is 2.94 bits per heavy atom. The van der Waals surface area contributed by atoms with E-state index in [0.717, 1.165) is 6.54 Å². The first-order chi connectivity index (χ1) is 8.22. The summed E-state index contributed by atoms with van der Waals surface area (Å²) >= 11 is 0. The summed E-state index contributed by atoms with van der Waals surface area (Å²) in [6.45, 7) is 3.85.